The van der Waals surface area contributed by atoms with Crippen LogP contribution in [0.4, 0.5) is 4.39 Å². The number of benzene rings is 2. The lowest BCUT2D eigenvalue weighted by Crippen LogP contribution is -2.45. The van der Waals surface area contributed by atoms with Gasteiger partial charge in [-0.25, -0.2) is 12.8 Å². The summed E-state index contributed by atoms with van der Waals surface area (Å²) in [5, 5.41) is 2.94. The fourth-order valence-corrected chi connectivity index (χ4v) is 4.34. The minimum atomic E-state index is -3.72. The number of aryl methyl sites for hydroxylation is 1. The number of carbonyl (C=O) groups is 1. The summed E-state index contributed by atoms with van der Waals surface area (Å²) in [4.78, 5) is 12.8. The van der Waals surface area contributed by atoms with Crippen LogP contribution in [0, 0.1) is 12.7 Å². The summed E-state index contributed by atoms with van der Waals surface area (Å²) < 4.78 is 45.4. The number of nitrogens with one attached hydrogen (secondary N) is 1. The second kappa shape index (κ2) is 8.35. The Balaban J connectivity index is 1.79. The van der Waals surface area contributed by atoms with Crippen LogP contribution in [0.25, 0.3) is 0 Å². The molecule has 1 N–H and O–H groups in total. The normalized spacial score (nSPS) is 17.9. The lowest BCUT2D eigenvalue weighted by Gasteiger charge is -2.38. The van der Waals surface area contributed by atoms with Crippen LogP contribution in [0.5, 0.6) is 5.75 Å². The van der Waals surface area contributed by atoms with E-state index in [0.717, 1.165) is 21.7 Å². The second-order valence-electron chi connectivity index (χ2n) is 8.35. The molecule has 1 aliphatic heterocycles. The van der Waals surface area contributed by atoms with Gasteiger partial charge in [-0.05, 0) is 32.9 Å². The van der Waals surface area contributed by atoms with Gasteiger partial charge < -0.3 is 10.1 Å². The number of carbonyl (C=O) groups excluding carboxylic acids is 1. The van der Waals surface area contributed by atoms with E-state index < -0.39 is 33.9 Å². The van der Waals surface area contributed by atoms with E-state index >= 15 is 0 Å². The zero-order valence-electron chi connectivity index (χ0n) is 17.6. The van der Waals surface area contributed by atoms with E-state index in [2.05, 4.69) is 5.32 Å². The number of hydrogen-bond donors (Lipinski definition) is 1. The molecule has 0 aliphatic carbocycles. The first kappa shape index (κ1) is 22.2. The summed E-state index contributed by atoms with van der Waals surface area (Å²) in [6.07, 6.45) is 1.55. The number of halogens is 1. The number of rotatable bonds is 6. The number of hydrogen-bond acceptors (Lipinski definition) is 4. The van der Waals surface area contributed by atoms with Crippen LogP contribution in [-0.2, 0) is 21.4 Å². The third-order valence-electron chi connectivity index (χ3n) is 5.05. The Labute approximate surface area is 177 Å². The topological polar surface area (TPSA) is 75.7 Å². The van der Waals surface area contributed by atoms with Crippen molar-refractivity contribution in [1.29, 1.82) is 0 Å². The van der Waals surface area contributed by atoms with Crippen LogP contribution in [0.2, 0.25) is 0 Å². The fourth-order valence-electron chi connectivity index (χ4n) is 3.61. The zero-order chi connectivity index (χ0) is 22.1. The lowest BCUT2D eigenvalue weighted by atomic mass is 9.89. The van der Waals surface area contributed by atoms with E-state index in [9.17, 15) is 17.6 Å². The monoisotopic (exact) mass is 434 g/mol. The molecule has 2 aromatic carbocycles. The molecule has 1 aliphatic rings. The van der Waals surface area contributed by atoms with Gasteiger partial charge in [0.25, 0.3) is 0 Å². The molecule has 2 aromatic rings. The third-order valence-corrected chi connectivity index (χ3v) is 6.25. The lowest BCUT2D eigenvalue weighted by molar-refractivity contribution is -0.122. The second-order valence-corrected chi connectivity index (χ2v) is 10.3. The summed E-state index contributed by atoms with van der Waals surface area (Å²) >= 11 is 0. The van der Waals surface area contributed by atoms with Gasteiger partial charge in [-0.3, -0.25) is 4.79 Å². The molecule has 0 bridgehead atoms. The van der Waals surface area contributed by atoms with E-state index in [1.165, 1.54) is 18.2 Å². The molecule has 0 radical (unpaired) electrons. The van der Waals surface area contributed by atoms with Gasteiger partial charge in [-0.2, -0.15) is 4.31 Å². The van der Waals surface area contributed by atoms with Crippen molar-refractivity contribution < 1.29 is 22.3 Å². The molecule has 1 amide bonds. The van der Waals surface area contributed by atoms with Crippen molar-refractivity contribution in [2.45, 2.75) is 45.4 Å². The van der Waals surface area contributed by atoms with E-state index in [1.54, 1.807) is 6.07 Å². The Bertz CT molecular complexity index is 1050. The number of amides is 1. The van der Waals surface area contributed by atoms with Gasteiger partial charge >= 0.3 is 0 Å². The zero-order valence-corrected chi connectivity index (χ0v) is 18.4. The predicted molar refractivity (Wildman–Crippen MR) is 113 cm³/mol. The van der Waals surface area contributed by atoms with Crippen molar-refractivity contribution in [3.8, 4) is 5.75 Å². The van der Waals surface area contributed by atoms with E-state index in [4.69, 9.17) is 4.74 Å². The molecule has 30 heavy (non-hydrogen) atoms. The van der Waals surface area contributed by atoms with Crippen molar-refractivity contribution in [3.05, 3.63) is 65.0 Å². The molecule has 0 saturated carbocycles. The van der Waals surface area contributed by atoms with Gasteiger partial charge in [0, 0.05) is 24.1 Å². The van der Waals surface area contributed by atoms with Crippen molar-refractivity contribution >= 4 is 15.9 Å². The molecule has 8 heteroatoms. The van der Waals surface area contributed by atoms with E-state index in [-0.39, 0.29) is 18.2 Å². The Hall–Kier alpha value is -2.45. The van der Waals surface area contributed by atoms with E-state index in [0.29, 0.717) is 12.2 Å². The molecule has 1 heterocycles. The molecular formula is C22H27FN2O4S. The highest BCUT2D eigenvalue weighted by molar-refractivity contribution is 7.88. The minimum Gasteiger partial charge on any atom is -0.487 e. The molecule has 3 rings (SSSR count). The summed E-state index contributed by atoms with van der Waals surface area (Å²) in [6.45, 7) is 5.23. The Kier molecular flexibility index (Phi) is 6.19. The Morgan fingerprint density at radius 3 is 2.63 bits per heavy atom. The summed E-state index contributed by atoms with van der Waals surface area (Å²) in [5.41, 5.74) is 1.63. The predicted octanol–water partition coefficient (Wildman–Crippen LogP) is 3.31. The first-order valence-electron chi connectivity index (χ1n) is 9.72. The molecule has 0 fully saturated rings. The summed E-state index contributed by atoms with van der Waals surface area (Å²) in [6, 6.07) is 11.4. The van der Waals surface area contributed by atoms with Crippen molar-refractivity contribution in [2.24, 2.45) is 0 Å². The molecule has 6 nitrogen and oxygen atoms in total. The highest BCUT2D eigenvalue weighted by atomic mass is 32.2. The van der Waals surface area contributed by atoms with Crippen LogP contribution in [0.3, 0.4) is 0 Å². The molecule has 0 spiro atoms. The van der Waals surface area contributed by atoms with Crippen LogP contribution < -0.4 is 10.1 Å². The summed E-state index contributed by atoms with van der Waals surface area (Å²) in [5.74, 6) is -0.262. The van der Waals surface area contributed by atoms with Gasteiger partial charge in [-0.15, -0.1) is 0 Å². The van der Waals surface area contributed by atoms with Gasteiger partial charge in [0.1, 0.15) is 17.2 Å². The molecule has 0 aromatic heterocycles. The molecule has 0 saturated heterocycles. The van der Waals surface area contributed by atoms with Gasteiger partial charge in [0.2, 0.25) is 15.9 Å². The third kappa shape index (κ3) is 5.37. The standard InChI is InChI=1S/C22H27FN2O4S/c1-15-9-10-20-17(11-15)19(12-22(2,3)29-20)24-21(26)14-25(30(4,27)28)13-16-7-5-6-8-18(16)23/h5-11,19H,12-14H2,1-4H3,(H,24,26)/t19-/m1/s1. The SMILES string of the molecule is Cc1ccc2c(c1)[C@H](NC(=O)CN(Cc1ccccc1F)S(C)(=O)=O)CC(C)(C)O2. The minimum absolute atomic E-state index is 0.212. The molecular weight excluding hydrogens is 407 g/mol. The highest BCUT2D eigenvalue weighted by Gasteiger charge is 2.35. The Morgan fingerprint density at radius 2 is 1.97 bits per heavy atom. The number of sulfonamides is 1. The van der Waals surface area contributed by atoms with Gasteiger partial charge in [0.15, 0.2) is 0 Å². The highest BCUT2D eigenvalue weighted by Crippen LogP contribution is 2.39. The van der Waals surface area contributed by atoms with Gasteiger partial charge in [-0.1, -0.05) is 35.9 Å². The maximum Gasteiger partial charge on any atom is 0.235 e. The maximum atomic E-state index is 14.0. The maximum absolute atomic E-state index is 14.0. The fraction of sp³-hybridized carbons (Fsp3) is 0.409. The van der Waals surface area contributed by atoms with Gasteiger partial charge in [0.05, 0.1) is 18.8 Å². The van der Waals surface area contributed by atoms with Crippen molar-refractivity contribution in [3.63, 3.8) is 0 Å². The van der Waals surface area contributed by atoms with Crippen molar-refractivity contribution in [1.82, 2.24) is 9.62 Å². The molecule has 162 valence electrons. The van der Waals surface area contributed by atoms with Crippen LogP contribution in [0.1, 0.15) is 43.0 Å². The van der Waals surface area contributed by atoms with Crippen LogP contribution >= 0.6 is 0 Å². The first-order valence-corrected chi connectivity index (χ1v) is 11.6. The first-order chi connectivity index (χ1) is 13.9. The average molecular weight is 435 g/mol. The van der Waals surface area contributed by atoms with E-state index in [1.807, 2.05) is 39.0 Å². The average Bonchev–Trinajstić information content (AvgIpc) is 2.62. The van der Waals surface area contributed by atoms with Crippen LogP contribution in [-0.4, -0.2) is 37.0 Å². The molecule has 0 unspecified atom stereocenters. The Morgan fingerprint density at radius 1 is 1.27 bits per heavy atom. The number of ether oxygens (including phenoxy) is 1. The van der Waals surface area contributed by atoms with Crippen LogP contribution in [0.15, 0.2) is 42.5 Å². The largest absolute Gasteiger partial charge is 0.487 e. The summed E-state index contributed by atoms with van der Waals surface area (Å²) in [7, 11) is -3.72. The quantitative estimate of drug-likeness (QED) is 0.757. The van der Waals surface area contributed by atoms with Crippen molar-refractivity contribution in [2.75, 3.05) is 12.8 Å². The molecule has 1 atom stereocenters. The number of nitrogens with zero attached hydrogens (tertiary/aromatic N) is 1. The number of fused-ring (bicyclic) bond motifs is 1. The smallest absolute Gasteiger partial charge is 0.235 e.